The standard InChI is InChI=1S/C56H76F8N4O14/c1-31-43(69)65(13)39(29-53(9,10)57)49(75)79-42(26-34-19-23-36(24-20-34)82-56(62,63)64)46(72)68(16)38(28-52(6,7)8)48(74)78-32(2)44(70)66(14)40(30-54(11,12)58)50(76)80-41(25-33-17-21-35(22-18-33)81-55(59,60)61)45(71)67(15)37(47(73)77-31)27-51(3,4)5/h17-24,31-32,37-42H,25-30H2,1-16H3/t31-,32-,37+,38?,39+,40+,41-,42-/m1/s1. The lowest BCUT2D eigenvalue weighted by atomic mass is 9.87. The summed E-state index contributed by atoms with van der Waals surface area (Å²) in [6.07, 6.45) is -21.1. The van der Waals surface area contributed by atoms with Crippen LogP contribution in [0.3, 0.4) is 0 Å². The second-order valence-corrected chi connectivity index (χ2v) is 24.0. The van der Waals surface area contributed by atoms with Gasteiger partial charge in [-0.05, 0) is 101 Å². The lowest BCUT2D eigenvalue weighted by Gasteiger charge is -2.37. The summed E-state index contributed by atoms with van der Waals surface area (Å²) in [7, 11) is 4.35. The highest BCUT2D eigenvalue weighted by atomic mass is 19.4. The van der Waals surface area contributed by atoms with Gasteiger partial charge in [0.25, 0.3) is 23.6 Å². The Kier molecular flexibility index (Phi) is 23.0. The molecule has 1 unspecified atom stereocenters. The molecule has 4 amide bonds. The summed E-state index contributed by atoms with van der Waals surface area (Å²) < 4.78 is 141. The number of hydrogen-bond acceptors (Lipinski definition) is 14. The zero-order chi connectivity index (χ0) is 63.0. The smallest absolute Gasteiger partial charge is 0.451 e. The van der Waals surface area contributed by atoms with Crippen molar-refractivity contribution in [3.63, 3.8) is 0 Å². The molecule has 0 spiro atoms. The van der Waals surface area contributed by atoms with Gasteiger partial charge in [-0.1, -0.05) is 65.8 Å². The van der Waals surface area contributed by atoms with Gasteiger partial charge in [0.05, 0.1) is 0 Å². The number of amides is 4. The molecule has 0 N–H and O–H groups in total. The SMILES string of the molecule is C[C@H]1OC(=O)C(CC(C)(C)C)N(C)C(=O)[C@@H](Cc2ccc(OC(F)(F)F)cc2)OC(=O)[C@H](CC(C)(C)F)N(C)C(=O)[C@@H](C)OC(=O)[C@H](CC(C)(C)C)N(C)C(=O)[C@@H](Cc2ccc(OC(F)(F)F)cc2)OC(=O)[C@H](CC(C)(C)F)N(C)C1=O. The van der Waals surface area contributed by atoms with Crippen LogP contribution in [0.5, 0.6) is 11.5 Å². The van der Waals surface area contributed by atoms with E-state index < -0.39 is 168 Å². The first-order valence-corrected chi connectivity index (χ1v) is 26.1. The molecule has 82 heavy (non-hydrogen) atoms. The van der Waals surface area contributed by atoms with E-state index in [1.165, 1.54) is 0 Å². The molecular weight excluding hydrogens is 1100 g/mol. The Morgan fingerprint density at radius 2 is 0.634 bits per heavy atom. The number of nitrogens with zero attached hydrogens (tertiary/aromatic N) is 4. The van der Waals surface area contributed by atoms with Crippen molar-refractivity contribution in [2.75, 3.05) is 28.2 Å². The number of benzene rings is 2. The number of carbonyl (C=O) groups excluding carboxylic acids is 8. The molecule has 3 rings (SSSR count). The molecule has 1 fully saturated rings. The van der Waals surface area contributed by atoms with E-state index in [1.807, 2.05) is 0 Å². The maximum atomic E-state index is 15.8. The van der Waals surface area contributed by atoms with Crippen LogP contribution in [0.15, 0.2) is 48.5 Å². The highest BCUT2D eigenvalue weighted by Crippen LogP contribution is 2.32. The number of cyclic esters (lactones) is 4. The maximum Gasteiger partial charge on any atom is 0.573 e. The molecule has 0 aromatic heterocycles. The molecule has 0 saturated carbocycles. The predicted molar refractivity (Wildman–Crippen MR) is 279 cm³/mol. The van der Waals surface area contributed by atoms with Crippen LogP contribution < -0.4 is 9.47 Å². The molecule has 1 saturated heterocycles. The van der Waals surface area contributed by atoms with Gasteiger partial charge in [-0.15, -0.1) is 26.3 Å². The third-order valence-electron chi connectivity index (χ3n) is 12.8. The number of alkyl halides is 8. The first-order chi connectivity index (χ1) is 37.2. The Bertz CT molecular complexity index is 2370. The molecule has 0 aliphatic carbocycles. The van der Waals surface area contributed by atoms with Crippen LogP contribution >= 0.6 is 0 Å². The fourth-order valence-electron chi connectivity index (χ4n) is 8.72. The fraction of sp³-hybridized carbons (Fsp3) is 0.643. The van der Waals surface area contributed by atoms with Crippen molar-refractivity contribution in [2.24, 2.45) is 10.8 Å². The van der Waals surface area contributed by atoms with Crippen LogP contribution in [0.4, 0.5) is 35.1 Å². The Morgan fingerprint density at radius 3 is 0.878 bits per heavy atom. The first-order valence-electron chi connectivity index (χ1n) is 26.1. The molecule has 8 atom stereocenters. The van der Waals surface area contributed by atoms with Crippen LogP contribution in [0.1, 0.15) is 120 Å². The molecular formula is C56H76F8N4O14. The molecule has 2 aromatic carbocycles. The summed E-state index contributed by atoms with van der Waals surface area (Å²) in [5, 5.41) is 0. The van der Waals surface area contributed by atoms with Crippen LogP contribution in [-0.2, 0) is 70.1 Å². The van der Waals surface area contributed by atoms with Crippen molar-refractivity contribution in [1.29, 1.82) is 0 Å². The summed E-state index contributed by atoms with van der Waals surface area (Å²) in [4.78, 5) is 119. The van der Waals surface area contributed by atoms with Crippen LogP contribution in [0, 0.1) is 10.8 Å². The molecule has 18 nitrogen and oxygen atoms in total. The molecule has 2 aromatic rings. The molecule has 26 heteroatoms. The van der Waals surface area contributed by atoms with Crippen molar-refractivity contribution in [3.8, 4) is 11.5 Å². The summed E-state index contributed by atoms with van der Waals surface area (Å²) in [6, 6.07) is 1.06. The number of carbonyl (C=O) groups is 8. The molecule has 1 aliphatic rings. The van der Waals surface area contributed by atoms with Gasteiger partial charge >= 0.3 is 36.6 Å². The fourth-order valence-corrected chi connectivity index (χ4v) is 8.72. The van der Waals surface area contributed by atoms with Gasteiger partial charge in [0, 0.05) is 53.9 Å². The number of likely N-dealkylation sites (N-methyl/N-ethyl adjacent to an activating group) is 4. The minimum Gasteiger partial charge on any atom is -0.451 e. The average molecular weight is 1180 g/mol. The summed E-state index contributed by atoms with van der Waals surface area (Å²) in [5.41, 5.74) is -6.05. The lowest BCUT2D eigenvalue weighted by Crippen LogP contribution is -2.55. The molecule has 0 radical (unpaired) electrons. The van der Waals surface area contributed by atoms with Crippen molar-refractivity contribution in [1.82, 2.24) is 19.6 Å². The molecule has 1 heterocycles. The van der Waals surface area contributed by atoms with Crippen molar-refractivity contribution in [3.05, 3.63) is 59.7 Å². The molecule has 1 aliphatic heterocycles. The van der Waals surface area contributed by atoms with Gasteiger partial charge in [-0.3, -0.25) is 19.2 Å². The van der Waals surface area contributed by atoms with E-state index in [0.717, 1.165) is 128 Å². The van der Waals surface area contributed by atoms with E-state index in [1.54, 1.807) is 41.5 Å². The van der Waals surface area contributed by atoms with E-state index in [4.69, 9.17) is 18.9 Å². The van der Waals surface area contributed by atoms with Crippen molar-refractivity contribution < 1.29 is 102 Å². The van der Waals surface area contributed by atoms with E-state index in [2.05, 4.69) is 9.47 Å². The summed E-state index contributed by atoms with van der Waals surface area (Å²) in [6.45, 7) is 16.5. The molecule has 0 bridgehead atoms. The van der Waals surface area contributed by atoms with Crippen molar-refractivity contribution >= 4 is 47.5 Å². The second kappa shape index (κ2) is 27.1. The second-order valence-electron chi connectivity index (χ2n) is 24.0. The number of hydrogen-bond donors (Lipinski definition) is 0. The predicted octanol–water partition coefficient (Wildman–Crippen LogP) is 8.43. The lowest BCUT2D eigenvalue weighted by molar-refractivity contribution is -0.275. The van der Waals surface area contributed by atoms with Crippen LogP contribution in [0.2, 0.25) is 0 Å². The zero-order valence-corrected chi connectivity index (χ0v) is 49.0. The van der Waals surface area contributed by atoms with E-state index in [-0.39, 0.29) is 24.0 Å². The highest BCUT2D eigenvalue weighted by molar-refractivity contribution is 5.94. The third kappa shape index (κ3) is 22.2. The maximum absolute atomic E-state index is 15.8. The Hall–Kier alpha value is -6.76. The van der Waals surface area contributed by atoms with E-state index >= 15 is 8.78 Å². The zero-order valence-electron chi connectivity index (χ0n) is 49.0. The Balaban J connectivity index is 2.36. The Labute approximate surface area is 472 Å². The normalized spacial score (nSPS) is 23.9. The van der Waals surface area contributed by atoms with Crippen molar-refractivity contribution in [2.45, 2.75) is 194 Å². The number of rotatable bonds is 12. The Morgan fingerprint density at radius 1 is 0.390 bits per heavy atom. The quantitative estimate of drug-likeness (QED) is 0.111. The van der Waals surface area contributed by atoms with Gasteiger partial charge in [0.15, 0.2) is 24.4 Å². The van der Waals surface area contributed by atoms with Gasteiger partial charge in [-0.2, -0.15) is 0 Å². The topological polar surface area (TPSA) is 205 Å². The van der Waals surface area contributed by atoms with Crippen LogP contribution in [-0.4, -0.2) is 168 Å². The third-order valence-corrected chi connectivity index (χ3v) is 12.8. The molecule has 460 valence electrons. The minimum atomic E-state index is -5.08. The van der Waals surface area contributed by atoms with E-state index in [0.29, 0.717) is 9.80 Å². The number of ether oxygens (including phenoxy) is 6. The largest absolute Gasteiger partial charge is 0.573 e. The summed E-state index contributed by atoms with van der Waals surface area (Å²) >= 11 is 0. The first kappa shape index (κ1) is 69.5. The van der Waals surface area contributed by atoms with Crippen LogP contribution in [0.25, 0.3) is 0 Å². The van der Waals surface area contributed by atoms with E-state index in [9.17, 15) is 64.7 Å². The minimum absolute atomic E-state index is 0.0736. The van der Waals surface area contributed by atoms with Gasteiger partial charge < -0.3 is 48.0 Å². The van der Waals surface area contributed by atoms with Gasteiger partial charge in [0.1, 0.15) is 47.0 Å². The van der Waals surface area contributed by atoms with Gasteiger partial charge in [0.2, 0.25) is 0 Å². The summed E-state index contributed by atoms with van der Waals surface area (Å²) in [5.74, 6) is -11.1. The number of halogens is 8. The monoisotopic (exact) mass is 1180 g/mol. The number of esters is 4. The van der Waals surface area contributed by atoms with Gasteiger partial charge in [-0.25, -0.2) is 28.0 Å². The average Bonchev–Trinajstić information content (AvgIpc) is 3.36. The highest BCUT2D eigenvalue weighted by Gasteiger charge is 2.46.